The second-order valence-corrected chi connectivity index (χ2v) is 9.80. The summed E-state index contributed by atoms with van der Waals surface area (Å²) in [4.78, 5) is 22.7. The van der Waals surface area contributed by atoms with E-state index >= 15 is 0 Å². The summed E-state index contributed by atoms with van der Waals surface area (Å²) in [7, 11) is 1.76. The van der Waals surface area contributed by atoms with Crippen LogP contribution in [0, 0.1) is 6.92 Å². The van der Waals surface area contributed by atoms with Gasteiger partial charge >= 0.3 is 6.18 Å². The van der Waals surface area contributed by atoms with Crippen LogP contribution in [0.5, 0.6) is 0 Å². The van der Waals surface area contributed by atoms with Crippen LogP contribution in [0.15, 0.2) is 42.7 Å². The first kappa shape index (κ1) is 24.5. The Bertz CT molecular complexity index is 1250. The fraction of sp³-hybridized carbons (Fsp3) is 0.444. The molecule has 6 nitrogen and oxygen atoms in total. The average molecular weight is 498 g/mol. The van der Waals surface area contributed by atoms with Crippen LogP contribution in [0.2, 0.25) is 0 Å². The summed E-state index contributed by atoms with van der Waals surface area (Å²) in [6.45, 7) is 5.44. The molecule has 1 amide bonds. The van der Waals surface area contributed by atoms with Gasteiger partial charge in [0.05, 0.1) is 17.5 Å². The number of rotatable bonds is 4. The third kappa shape index (κ3) is 4.89. The first-order valence-corrected chi connectivity index (χ1v) is 12.4. The lowest BCUT2D eigenvalue weighted by molar-refractivity contribution is -0.137. The first-order valence-electron chi connectivity index (χ1n) is 12.4. The minimum Gasteiger partial charge on any atom is -0.337 e. The van der Waals surface area contributed by atoms with Gasteiger partial charge in [0, 0.05) is 43.5 Å². The molecule has 0 spiro atoms. The van der Waals surface area contributed by atoms with Crippen molar-refractivity contribution in [2.75, 3.05) is 26.2 Å². The lowest BCUT2D eigenvalue weighted by Crippen LogP contribution is -2.46. The van der Waals surface area contributed by atoms with Crippen molar-refractivity contribution in [2.24, 2.45) is 7.05 Å². The molecule has 9 heteroatoms. The largest absolute Gasteiger partial charge is 0.416 e. The lowest BCUT2D eigenvalue weighted by atomic mass is 9.96. The second kappa shape index (κ2) is 9.69. The van der Waals surface area contributed by atoms with Crippen molar-refractivity contribution in [3.8, 4) is 22.4 Å². The van der Waals surface area contributed by atoms with Crippen LogP contribution in [0.1, 0.15) is 47.3 Å². The van der Waals surface area contributed by atoms with Crippen LogP contribution in [0.4, 0.5) is 13.2 Å². The Balaban J connectivity index is 1.48. The van der Waals surface area contributed by atoms with Gasteiger partial charge in [0.25, 0.3) is 5.91 Å². The van der Waals surface area contributed by atoms with E-state index < -0.39 is 11.7 Å². The molecule has 2 aromatic heterocycles. The van der Waals surface area contributed by atoms with Gasteiger partial charge in [0.2, 0.25) is 0 Å². The quantitative estimate of drug-likeness (QED) is 0.499. The highest BCUT2D eigenvalue weighted by molar-refractivity contribution is 5.96. The zero-order valence-corrected chi connectivity index (χ0v) is 20.6. The zero-order valence-electron chi connectivity index (χ0n) is 20.6. The maximum Gasteiger partial charge on any atom is 0.416 e. The highest BCUT2D eigenvalue weighted by Crippen LogP contribution is 2.36. The van der Waals surface area contributed by atoms with Crippen LogP contribution < -0.4 is 0 Å². The van der Waals surface area contributed by atoms with E-state index in [0.29, 0.717) is 52.8 Å². The van der Waals surface area contributed by atoms with E-state index in [-0.39, 0.29) is 5.91 Å². The normalized spacial score (nSPS) is 17.6. The third-order valence-electron chi connectivity index (χ3n) is 7.30. The highest BCUT2D eigenvalue weighted by Gasteiger charge is 2.32. The number of benzene rings is 1. The molecule has 0 radical (unpaired) electrons. The summed E-state index contributed by atoms with van der Waals surface area (Å²) < 4.78 is 41.8. The molecule has 0 atom stereocenters. The molecule has 5 rings (SSSR count). The Hall–Kier alpha value is -3.20. The summed E-state index contributed by atoms with van der Waals surface area (Å²) in [6, 6.07) is 7.51. The second-order valence-electron chi connectivity index (χ2n) is 9.80. The summed E-state index contributed by atoms with van der Waals surface area (Å²) in [5.74, 6) is -0.131. The highest BCUT2D eigenvalue weighted by atomic mass is 19.4. The number of nitrogens with zero attached hydrogens (tertiary/aromatic N) is 5. The van der Waals surface area contributed by atoms with Gasteiger partial charge in [0.15, 0.2) is 0 Å². The summed E-state index contributed by atoms with van der Waals surface area (Å²) in [5, 5.41) is 4.21. The van der Waals surface area contributed by atoms with E-state index in [0.717, 1.165) is 38.1 Å². The zero-order chi connectivity index (χ0) is 25.4. The monoisotopic (exact) mass is 497 g/mol. The van der Waals surface area contributed by atoms with Crippen molar-refractivity contribution >= 4 is 5.91 Å². The van der Waals surface area contributed by atoms with Gasteiger partial charge in [-0.25, -0.2) is 4.98 Å². The van der Waals surface area contributed by atoms with Gasteiger partial charge in [-0.1, -0.05) is 12.1 Å². The Labute approximate surface area is 208 Å². The van der Waals surface area contributed by atoms with Gasteiger partial charge in [-0.2, -0.15) is 18.3 Å². The van der Waals surface area contributed by atoms with E-state index in [9.17, 15) is 18.0 Å². The SMILES string of the molecule is Cc1cc(-c2cccc(C(F)(F)F)c2)c(-c2cnn(C)c2)nc1C(=O)N1CCC(N2CCCC2)CC1. The molecule has 0 unspecified atom stereocenters. The van der Waals surface area contributed by atoms with E-state index in [2.05, 4.69) is 10.00 Å². The van der Waals surface area contributed by atoms with Gasteiger partial charge in [0.1, 0.15) is 5.69 Å². The van der Waals surface area contributed by atoms with Crippen molar-refractivity contribution < 1.29 is 18.0 Å². The molecule has 3 aromatic rings. The number of hydrogen-bond acceptors (Lipinski definition) is 4. The summed E-state index contributed by atoms with van der Waals surface area (Å²) in [6.07, 6.45) is 3.31. The molecule has 2 fully saturated rings. The summed E-state index contributed by atoms with van der Waals surface area (Å²) in [5.41, 5.74) is 2.28. The summed E-state index contributed by atoms with van der Waals surface area (Å²) >= 11 is 0. The first-order chi connectivity index (χ1) is 17.2. The van der Waals surface area contributed by atoms with Crippen LogP contribution >= 0.6 is 0 Å². The number of aryl methyl sites for hydroxylation is 2. The fourth-order valence-electron chi connectivity index (χ4n) is 5.37. The van der Waals surface area contributed by atoms with E-state index in [1.807, 2.05) is 4.90 Å². The van der Waals surface area contributed by atoms with Crippen LogP contribution in [0.3, 0.4) is 0 Å². The Morgan fingerprint density at radius 2 is 1.75 bits per heavy atom. The molecule has 0 N–H and O–H groups in total. The van der Waals surface area contributed by atoms with Crippen LogP contribution in [-0.4, -0.2) is 62.7 Å². The van der Waals surface area contributed by atoms with Gasteiger partial charge in [-0.3, -0.25) is 9.48 Å². The predicted molar refractivity (Wildman–Crippen MR) is 131 cm³/mol. The Kier molecular flexibility index (Phi) is 6.59. The predicted octanol–water partition coefficient (Wildman–Crippen LogP) is 5.18. The van der Waals surface area contributed by atoms with Crippen LogP contribution in [-0.2, 0) is 13.2 Å². The van der Waals surface area contributed by atoms with Crippen molar-refractivity contribution in [2.45, 2.75) is 44.8 Å². The average Bonchev–Trinajstić information content (AvgIpc) is 3.55. The number of pyridine rings is 1. The molecule has 0 aliphatic carbocycles. The minimum absolute atomic E-state index is 0.131. The number of carbonyl (C=O) groups is 1. The van der Waals surface area contributed by atoms with Crippen molar-refractivity contribution in [3.63, 3.8) is 0 Å². The smallest absolute Gasteiger partial charge is 0.337 e. The molecular formula is C27H30F3N5O. The maximum atomic E-state index is 13.6. The van der Waals surface area contributed by atoms with Gasteiger partial charge in [-0.05, 0) is 75.0 Å². The lowest BCUT2D eigenvalue weighted by Gasteiger charge is -2.36. The van der Waals surface area contributed by atoms with Crippen molar-refractivity contribution in [1.29, 1.82) is 0 Å². The molecule has 0 saturated carbocycles. The number of piperidine rings is 1. The fourth-order valence-corrected chi connectivity index (χ4v) is 5.37. The number of halogens is 3. The standard InChI is InChI=1S/C27H30F3N5O/c1-18-14-23(19-6-5-7-21(15-19)27(28,29)30)25(20-16-31-33(2)17-20)32-24(18)26(36)35-12-8-22(9-13-35)34-10-3-4-11-34/h5-7,14-17,22H,3-4,8-13H2,1-2H3. The van der Waals surface area contributed by atoms with Gasteiger partial charge in [-0.15, -0.1) is 0 Å². The van der Waals surface area contributed by atoms with E-state index in [1.165, 1.54) is 18.9 Å². The molecule has 36 heavy (non-hydrogen) atoms. The van der Waals surface area contributed by atoms with Crippen LogP contribution in [0.25, 0.3) is 22.4 Å². The molecule has 1 aromatic carbocycles. The Morgan fingerprint density at radius 1 is 1.03 bits per heavy atom. The maximum absolute atomic E-state index is 13.6. The molecule has 4 heterocycles. The molecule has 2 aliphatic rings. The molecule has 0 bridgehead atoms. The topological polar surface area (TPSA) is 54.3 Å². The number of aromatic nitrogens is 3. The number of hydrogen-bond donors (Lipinski definition) is 0. The molecule has 2 aliphatic heterocycles. The molecule has 190 valence electrons. The minimum atomic E-state index is -4.45. The Morgan fingerprint density at radius 3 is 2.39 bits per heavy atom. The third-order valence-corrected chi connectivity index (χ3v) is 7.30. The van der Waals surface area contributed by atoms with Crippen molar-refractivity contribution in [1.82, 2.24) is 24.6 Å². The number of carbonyl (C=O) groups excluding carboxylic acids is 1. The molecule has 2 saturated heterocycles. The molecular weight excluding hydrogens is 467 g/mol. The van der Waals surface area contributed by atoms with Gasteiger partial charge < -0.3 is 9.80 Å². The van der Waals surface area contributed by atoms with E-state index in [4.69, 9.17) is 4.98 Å². The number of amides is 1. The number of likely N-dealkylation sites (tertiary alicyclic amines) is 2. The van der Waals surface area contributed by atoms with Crippen molar-refractivity contribution in [3.05, 3.63) is 59.5 Å². The van der Waals surface area contributed by atoms with E-state index in [1.54, 1.807) is 43.2 Å². The number of alkyl halides is 3.